The summed E-state index contributed by atoms with van der Waals surface area (Å²) in [6.45, 7) is 14.1. The minimum Gasteiger partial charge on any atom is -0.328 e. The summed E-state index contributed by atoms with van der Waals surface area (Å²) >= 11 is 2.71. The molecule has 0 amide bonds. The fourth-order valence-electron chi connectivity index (χ4n) is 3.59. The van der Waals surface area contributed by atoms with Gasteiger partial charge in [-0.1, -0.05) is 70.1 Å². The Morgan fingerprint density at radius 2 is 1.78 bits per heavy atom. The van der Waals surface area contributed by atoms with Crippen LogP contribution in [0.5, 0.6) is 0 Å². The molecule has 2 heteroatoms. The van der Waals surface area contributed by atoms with Gasteiger partial charge in [-0.25, -0.2) is 0 Å². The summed E-state index contributed by atoms with van der Waals surface area (Å²) in [7, 11) is 0. The third kappa shape index (κ3) is 3.41. The quantitative estimate of drug-likeness (QED) is 0.505. The van der Waals surface area contributed by atoms with E-state index in [-0.39, 0.29) is 0 Å². The van der Waals surface area contributed by atoms with Crippen LogP contribution in [0.4, 0.5) is 0 Å². The van der Waals surface area contributed by atoms with E-state index in [4.69, 9.17) is 5.73 Å². The summed E-state index contributed by atoms with van der Waals surface area (Å²) in [4.78, 5) is 0. The highest BCUT2D eigenvalue weighted by atomic mass is 127. The van der Waals surface area contributed by atoms with Crippen molar-refractivity contribution in [1.29, 1.82) is 0 Å². The Morgan fingerprint density at radius 1 is 1.22 bits per heavy atom. The second-order valence-electron chi connectivity index (χ2n) is 7.06. The first-order chi connectivity index (χ1) is 8.25. The lowest BCUT2D eigenvalue weighted by molar-refractivity contribution is 0.267. The van der Waals surface area contributed by atoms with Gasteiger partial charge in [-0.3, -0.25) is 0 Å². The van der Waals surface area contributed by atoms with Gasteiger partial charge in [0.1, 0.15) is 0 Å². The number of hydrogen-bond acceptors (Lipinski definition) is 1. The number of hydrogen-bond donors (Lipinski definition) is 1. The van der Waals surface area contributed by atoms with E-state index in [2.05, 4.69) is 64.1 Å². The van der Waals surface area contributed by atoms with Crippen LogP contribution in [0.3, 0.4) is 0 Å². The highest BCUT2D eigenvalue weighted by Gasteiger charge is 2.57. The van der Waals surface area contributed by atoms with Crippen molar-refractivity contribution in [1.82, 2.24) is 0 Å². The molecule has 1 aliphatic carbocycles. The molecule has 0 aromatic rings. The van der Waals surface area contributed by atoms with E-state index in [0.29, 0.717) is 17.4 Å². The molecule has 0 radical (unpaired) electrons. The molecular formula is C16H32IN. The molecule has 7 atom stereocenters. The van der Waals surface area contributed by atoms with E-state index in [1.165, 1.54) is 19.3 Å². The van der Waals surface area contributed by atoms with Gasteiger partial charge in [-0.15, -0.1) is 0 Å². The zero-order valence-corrected chi connectivity index (χ0v) is 15.2. The van der Waals surface area contributed by atoms with Crippen LogP contribution in [0.15, 0.2) is 0 Å². The minimum atomic E-state index is 0.311. The van der Waals surface area contributed by atoms with E-state index in [0.717, 1.165) is 21.7 Å². The predicted molar refractivity (Wildman–Crippen MR) is 90.1 cm³/mol. The molecule has 0 aliphatic heterocycles. The van der Waals surface area contributed by atoms with Crippen molar-refractivity contribution < 1.29 is 0 Å². The van der Waals surface area contributed by atoms with E-state index < -0.39 is 0 Å². The molecule has 0 aromatic carbocycles. The van der Waals surface area contributed by atoms with Crippen molar-refractivity contribution >= 4 is 22.6 Å². The van der Waals surface area contributed by atoms with Crippen LogP contribution >= 0.6 is 22.6 Å². The average molecular weight is 365 g/mol. The van der Waals surface area contributed by atoms with Gasteiger partial charge in [0.2, 0.25) is 0 Å². The number of halogens is 1. The number of rotatable bonds is 7. The summed E-state index contributed by atoms with van der Waals surface area (Å²) < 4.78 is 0.764. The fraction of sp³-hybridized carbons (Fsp3) is 1.00. The van der Waals surface area contributed by atoms with Gasteiger partial charge in [0.25, 0.3) is 0 Å². The molecule has 0 saturated heterocycles. The van der Waals surface area contributed by atoms with E-state index in [9.17, 15) is 0 Å². The lowest BCUT2D eigenvalue weighted by atomic mass is 9.80. The van der Waals surface area contributed by atoms with Gasteiger partial charge in [0.05, 0.1) is 0 Å². The highest BCUT2D eigenvalue weighted by molar-refractivity contribution is 14.1. The molecule has 0 heterocycles. The largest absolute Gasteiger partial charge is 0.328 e. The minimum absolute atomic E-state index is 0.311. The highest BCUT2D eigenvalue weighted by Crippen LogP contribution is 2.63. The molecule has 1 rings (SSSR count). The topological polar surface area (TPSA) is 26.0 Å². The molecule has 1 fully saturated rings. The van der Waals surface area contributed by atoms with Crippen LogP contribution in [-0.4, -0.2) is 9.97 Å². The van der Waals surface area contributed by atoms with E-state index >= 15 is 0 Å². The Balaban J connectivity index is 2.60. The first-order valence-corrected chi connectivity index (χ1v) is 8.89. The SMILES string of the molecule is CCCC(C)[C@@H]1C[C@]1(C)C(I)[C@@H](C)C(C)C(C)N. The van der Waals surface area contributed by atoms with Crippen LogP contribution in [0.1, 0.15) is 60.8 Å². The third-order valence-electron chi connectivity index (χ3n) is 5.53. The number of alkyl halides is 1. The standard InChI is InChI=1S/C16H32IN/c1-7-8-10(2)14-9-16(14,6)15(17)12(4)11(3)13(5)18/h10-15H,7-9,18H2,1-6H3/t10?,11?,12-,13?,14-,15?,16-/m0/s1. The molecule has 2 N–H and O–H groups in total. The van der Waals surface area contributed by atoms with Crippen LogP contribution < -0.4 is 5.73 Å². The van der Waals surface area contributed by atoms with E-state index in [1.54, 1.807) is 0 Å². The van der Waals surface area contributed by atoms with Gasteiger partial charge in [-0.05, 0) is 42.4 Å². The van der Waals surface area contributed by atoms with Crippen molar-refractivity contribution in [2.45, 2.75) is 70.8 Å². The molecule has 1 saturated carbocycles. The molecule has 4 unspecified atom stereocenters. The summed E-state index contributed by atoms with van der Waals surface area (Å²) in [5.41, 5.74) is 6.64. The molecule has 18 heavy (non-hydrogen) atoms. The normalized spacial score (nSPS) is 35.7. The third-order valence-corrected chi connectivity index (χ3v) is 8.09. The molecule has 1 aliphatic rings. The fourth-order valence-corrected chi connectivity index (χ4v) is 4.96. The summed E-state index contributed by atoms with van der Waals surface area (Å²) in [6.07, 6.45) is 4.14. The average Bonchev–Trinajstić information content (AvgIpc) is 3.00. The number of nitrogens with two attached hydrogens (primary N) is 1. The van der Waals surface area contributed by atoms with E-state index in [1.807, 2.05) is 0 Å². The van der Waals surface area contributed by atoms with Crippen molar-refractivity contribution in [3.63, 3.8) is 0 Å². The monoisotopic (exact) mass is 365 g/mol. The predicted octanol–water partition coefficient (Wildman–Crippen LogP) is 4.87. The van der Waals surface area contributed by atoms with Gasteiger partial charge in [0.15, 0.2) is 0 Å². The molecule has 108 valence electrons. The maximum absolute atomic E-state index is 6.08. The van der Waals surface area contributed by atoms with Crippen molar-refractivity contribution in [3.8, 4) is 0 Å². The van der Waals surface area contributed by atoms with Crippen LogP contribution in [0, 0.1) is 29.1 Å². The molecule has 1 nitrogen and oxygen atoms in total. The lowest BCUT2D eigenvalue weighted by Gasteiger charge is -2.33. The second-order valence-corrected chi connectivity index (χ2v) is 8.40. The van der Waals surface area contributed by atoms with Crippen molar-refractivity contribution in [3.05, 3.63) is 0 Å². The summed E-state index contributed by atoms with van der Waals surface area (Å²) in [5.74, 6) is 3.18. The van der Waals surface area contributed by atoms with Gasteiger partial charge in [0, 0.05) is 9.97 Å². The zero-order valence-electron chi connectivity index (χ0n) is 13.0. The maximum atomic E-state index is 6.08. The Morgan fingerprint density at radius 3 is 2.22 bits per heavy atom. The molecule has 0 aromatic heterocycles. The molecule has 0 spiro atoms. The zero-order chi connectivity index (χ0) is 14.1. The smallest absolute Gasteiger partial charge is 0.0195 e. The Hall–Kier alpha value is 0.690. The maximum Gasteiger partial charge on any atom is 0.0195 e. The Labute approximate surface area is 128 Å². The Bertz CT molecular complexity index is 266. The lowest BCUT2D eigenvalue weighted by Crippen LogP contribution is -2.36. The molecular weight excluding hydrogens is 333 g/mol. The van der Waals surface area contributed by atoms with Crippen LogP contribution in [0.25, 0.3) is 0 Å². The Kier molecular flexibility index (Phi) is 5.98. The second kappa shape index (κ2) is 6.43. The van der Waals surface area contributed by atoms with Crippen LogP contribution in [0.2, 0.25) is 0 Å². The first kappa shape index (κ1) is 16.7. The summed E-state index contributed by atoms with van der Waals surface area (Å²) in [5, 5.41) is 0. The summed E-state index contributed by atoms with van der Waals surface area (Å²) in [6, 6.07) is 0.311. The molecule has 0 bridgehead atoms. The van der Waals surface area contributed by atoms with Crippen molar-refractivity contribution in [2.75, 3.05) is 0 Å². The van der Waals surface area contributed by atoms with Crippen LogP contribution in [-0.2, 0) is 0 Å². The first-order valence-electron chi connectivity index (χ1n) is 7.65. The van der Waals surface area contributed by atoms with Crippen molar-refractivity contribution in [2.24, 2.45) is 34.8 Å². The van der Waals surface area contributed by atoms with Gasteiger partial charge in [-0.2, -0.15) is 0 Å². The van der Waals surface area contributed by atoms with Gasteiger partial charge >= 0.3 is 0 Å². The van der Waals surface area contributed by atoms with Gasteiger partial charge < -0.3 is 5.73 Å².